The summed E-state index contributed by atoms with van der Waals surface area (Å²) in [6.45, 7) is 6.63. The molecule has 2 unspecified atom stereocenters. The van der Waals surface area contributed by atoms with Gasteiger partial charge in [0.15, 0.2) is 5.13 Å². The van der Waals surface area contributed by atoms with E-state index in [1.165, 1.54) is 17.8 Å². The first kappa shape index (κ1) is 27.7. The second-order valence-electron chi connectivity index (χ2n) is 10.7. The summed E-state index contributed by atoms with van der Waals surface area (Å²) in [5, 5.41) is 21.7. The normalized spacial score (nSPS) is 19.2. The van der Waals surface area contributed by atoms with E-state index in [-0.39, 0.29) is 17.9 Å². The molecule has 0 radical (unpaired) electrons. The van der Waals surface area contributed by atoms with Crippen molar-refractivity contribution in [2.24, 2.45) is 5.92 Å². The fraction of sp³-hybridized carbons (Fsp3) is 0.419. The number of nitriles is 1. The number of hydrogen-bond acceptors (Lipinski definition) is 7. The minimum Gasteiger partial charge on any atom is -0.488 e. The van der Waals surface area contributed by atoms with E-state index in [2.05, 4.69) is 11.0 Å². The van der Waals surface area contributed by atoms with Gasteiger partial charge in [-0.3, -0.25) is 9.59 Å². The second kappa shape index (κ2) is 12.1. The number of amides is 1. The Morgan fingerprint density at radius 3 is 2.65 bits per heavy atom. The van der Waals surface area contributed by atoms with Crippen molar-refractivity contribution in [2.45, 2.75) is 58.6 Å². The van der Waals surface area contributed by atoms with Crippen LogP contribution in [0, 0.1) is 24.2 Å². The molecule has 2 atom stereocenters. The number of carboxylic acids is 1. The number of ether oxygens (including phenoxy) is 1. The summed E-state index contributed by atoms with van der Waals surface area (Å²) < 4.78 is 6.27. The molecule has 2 fully saturated rings. The van der Waals surface area contributed by atoms with Crippen LogP contribution in [0.4, 0.5) is 5.13 Å². The highest BCUT2D eigenvalue weighted by molar-refractivity contribution is 7.14. The molecule has 2 aliphatic heterocycles. The van der Waals surface area contributed by atoms with Crippen LogP contribution in [0.3, 0.4) is 0 Å². The lowest BCUT2D eigenvalue weighted by atomic mass is 9.92. The van der Waals surface area contributed by atoms with E-state index in [1.807, 2.05) is 42.3 Å². The molecule has 5 rings (SSSR count). The summed E-state index contributed by atoms with van der Waals surface area (Å²) in [5.74, 6) is -0.342. The Balaban J connectivity index is 1.32. The monoisotopic (exact) mass is 558 g/mol. The van der Waals surface area contributed by atoms with Crippen LogP contribution in [0.25, 0.3) is 11.3 Å². The number of benzene rings is 2. The molecular formula is C31H34N4O4S. The van der Waals surface area contributed by atoms with Crippen LogP contribution < -0.4 is 9.64 Å². The summed E-state index contributed by atoms with van der Waals surface area (Å²) in [4.78, 5) is 33.3. The third kappa shape index (κ3) is 5.97. The minimum atomic E-state index is -0.736. The summed E-state index contributed by atoms with van der Waals surface area (Å²) in [7, 11) is 0. The zero-order valence-corrected chi connectivity index (χ0v) is 23.7. The molecule has 1 N–H and O–H groups in total. The van der Waals surface area contributed by atoms with Crippen LogP contribution in [0.2, 0.25) is 0 Å². The van der Waals surface area contributed by atoms with Crippen molar-refractivity contribution in [3.63, 3.8) is 0 Å². The van der Waals surface area contributed by atoms with Gasteiger partial charge in [0.1, 0.15) is 12.4 Å². The van der Waals surface area contributed by atoms with Gasteiger partial charge in [-0.2, -0.15) is 5.26 Å². The summed E-state index contributed by atoms with van der Waals surface area (Å²) in [5.41, 5.74) is 4.67. The fourth-order valence-electron chi connectivity index (χ4n) is 5.55. The highest BCUT2D eigenvalue weighted by Gasteiger charge is 2.31. The molecule has 0 aliphatic carbocycles. The number of anilines is 1. The van der Waals surface area contributed by atoms with E-state index in [0.29, 0.717) is 42.9 Å². The van der Waals surface area contributed by atoms with Crippen molar-refractivity contribution in [1.29, 1.82) is 5.26 Å². The molecule has 1 amide bonds. The van der Waals surface area contributed by atoms with E-state index in [9.17, 15) is 20.0 Å². The van der Waals surface area contributed by atoms with Gasteiger partial charge >= 0.3 is 5.97 Å². The summed E-state index contributed by atoms with van der Waals surface area (Å²) >= 11 is 1.51. The van der Waals surface area contributed by atoms with Gasteiger partial charge in [-0.15, -0.1) is 11.3 Å². The molecule has 1 aromatic heterocycles. The van der Waals surface area contributed by atoms with Gasteiger partial charge in [-0.1, -0.05) is 6.07 Å². The molecule has 0 saturated carbocycles. The van der Waals surface area contributed by atoms with Crippen LogP contribution in [0.15, 0.2) is 41.8 Å². The molecule has 40 heavy (non-hydrogen) atoms. The predicted octanol–water partition coefficient (Wildman–Crippen LogP) is 5.88. The number of piperidine rings is 2. The van der Waals surface area contributed by atoms with Crippen molar-refractivity contribution >= 4 is 28.3 Å². The Kier molecular flexibility index (Phi) is 8.36. The average Bonchev–Trinajstić information content (AvgIpc) is 3.46. The van der Waals surface area contributed by atoms with Gasteiger partial charge in [-0.25, -0.2) is 4.98 Å². The average molecular weight is 559 g/mol. The Morgan fingerprint density at radius 2 is 1.95 bits per heavy atom. The van der Waals surface area contributed by atoms with Crippen molar-refractivity contribution < 1.29 is 19.4 Å². The summed E-state index contributed by atoms with van der Waals surface area (Å²) in [6.07, 6.45) is 4.49. The highest BCUT2D eigenvalue weighted by Crippen LogP contribution is 2.37. The Morgan fingerprint density at radius 1 is 1.15 bits per heavy atom. The molecule has 9 heteroatoms. The van der Waals surface area contributed by atoms with E-state index >= 15 is 0 Å². The largest absolute Gasteiger partial charge is 0.488 e. The van der Waals surface area contributed by atoms with Gasteiger partial charge in [-0.05, 0) is 87.4 Å². The van der Waals surface area contributed by atoms with Gasteiger partial charge < -0.3 is 19.6 Å². The number of carbonyl (C=O) groups is 2. The number of carboxylic acid groups (broad SMARTS) is 1. The molecule has 208 valence electrons. The first-order valence-electron chi connectivity index (χ1n) is 13.8. The van der Waals surface area contributed by atoms with E-state index in [1.54, 1.807) is 18.2 Å². The third-order valence-corrected chi connectivity index (χ3v) is 8.84. The van der Waals surface area contributed by atoms with Crippen LogP contribution in [-0.2, 0) is 11.4 Å². The Labute approximate surface area is 238 Å². The third-order valence-electron chi connectivity index (χ3n) is 7.96. The molecule has 0 bridgehead atoms. The quantitative estimate of drug-likeness (QED) is 0.386. The topological polar surface area (TPSA) is 107 Å². The van der Waals surface area contributed by atoms with E-state index < -0.39 is 5.97 Å². The number of nitrogens with zero attached hydrogens (tertiary/aromatic N) is 4. The lowest BCUT2D eigenvalue weighted by Gasteiger charge is -2.36. The molecule has 3 heterocycles. The Hall–Kier alpha value is -3.90. The van der Waals surface area contributed by atoms with Gasteiger partial charge in [0, 0.05) is 42.2 Å². The van der Waals surface area contributed by atoms with Crippen LogP contribution in [0.5, 0.6) is 5.75 Å². The number of rotatable bonds is 7. The SMILES string of the molecule is Cc1cc(C(=O)N2CCCCC2)ccc1COc1ccc(C#N)cc1-c1csc(N2CCC(C(=O)O)CC2C)n1. The van der Waals surface area contributed by atoms with Gasteiger partial charge in [0.25, 0.3) is 5.91 Å². The Bertz CT molecular complexity index is 1440. The fourth-order valence-corrected chi connectivity index (χ4v) is 6.51. The van der Waals surface area contributed by atoms with Gasteiger partial charge in [0.05, 0.1) is 23.2 Å². The van der Waals surface area contributed by atoms with Crippen molar-refractivity contribution in [2.75, 3.05) is 24.5 Å². The molecule has 2 aliphatic rings. The number of hydrogen-bond donors (Lipinski definition) is 1. The molecule has 3 aromatic rings. The number of carbonyl (C=O) groups excluding carboxylic acids is 1. The zero-order valence-electron chi connectivity index (χ0n) is 22.9. The first-order valence-corrected chi connectivity index (χ1v) is 14.7. The molecule has 2 aromatic carbocycles. The van der Waals surface area contributed by atoms with Crippen molar-refractivity contribution in [3.8, 4) is 23.1 Å². The number of aromatic nitrogens is 1. The maximum Gasteiger partial charge on any atom is 0.306 e. The van der Waals surface area contributed by atoms with Crippen LogP contribution in [0.1, 0.15) is 66.1 Å². The zero-order chi connectivity index (χ0) is 28.2. The maximum atomic E-state index is 12.9. The highest BCUT2D eigenvalue weighted by atomic mass is 32.1. The number of aliphatic carboxylic acids is 1. The number of aryl methyl sites for hydroxylation is 1. The second-order valence-corrected chi connectivity index (χ2v) is 11.6. The molecule has 2 saturated heterocycles. The van der Waals surface area contributed by atoms with Crippen LogP contribution >= 0.6 is 11.3 Å². The molecule has 8 nitrogen and oxygen atoms in total. The first-order chi connectivity index (χ1) is 19.3. The molecule has 0 spiro atoms. The summed E-state index contributed by atoms with van der Waals surface area (Å²) in [6, 6.07) is 13.4. The smallest absolute Gasteiger partial charge is 0.306 e. The van der Waals surface area contributed by atoms with E-state index in [4.69, 9.17) is 9.72 Å². The van der Waals surface area contributed by atoms with E-state index in [0.717, 1.165) is 53.4 Å². The maximum absolute atomic E-state index is 12.9. The number of likely N-dealkylation sites (tertiary alicyclic amines) is 1. The lowest BCUT2D eigenvalue weighted by molar-refractivity contribution is -0.142. The van der Waals surface area contributed by atoms with Crippen LogP contribution in [-0.4, -0.2) is 52.5 Å². The minimum absolute atomic E-state index is 0.0720. The predicted molar refractivity (Wildman–Crippen MR) is 155 cm³/mol. The number of thiazole rings is 1. The lowest BCUT2D eigenvalue weighted by Crippen LogP contribution is -2.42. The standard InChI is InChI=1S/C31H34N4O4S/c1-20-14-23(29(36)34-11-4-3-5-12-34)7-8-25(20)18-39-28-9-6-22(17-32)16-26(28)27-19-40-31(33-27)35-13-10-24(30(37)38)15-21(35)2/h6-9,14,16,19,21,24H,3-5,10-13,15,18H2,1-2H3,(H,37,38). The molecular weight excluding hydrogens is 524 g/mol. The van der Waals surface area contributed by atoms with Gasteiger partial charge in [0.2, 0.25) is 0 Å². The van der Waals surface area contributed by atoms with Crippen molar-refractivity contribution in [3.05, 3.63) is 64.0 Å². The van der Waals surface area contributed by atoms with Crippen molar-refractivity contribution in [1.82, 2.24) is 9.88 Å².